The molecule has 0 atom stereocenters. The van der Waals surface area contributed by atoms with E-state index < -0.39 is 12.0 Å². The van der Waals surface area contributed by atoms with Crippen molar-refractivity contribution in [1.29, 1.82) is 0 Å². The summed E-state index contributed by atoms with van der Waals surface area (Å²) in [4.78, 5) is 28.2. The Balaban J connectivity index is 2.03. The predicted molar refractivity (Wildman–Crippen MR) is 87.3 cm³/mol. The summed E-state index contributed by atoms with van der Waals surface area (Å²) >= 11 is 5.83. The fraction of sp³-hybridized carbons (Fsp3) is 0.118. The molecule has 0 aliphatic heterocycles. The van der Waals surface area contributed by atoms with Crippen molar-refractivity contribution < 1.29 is 14.7 Å². The van der Waals surface area contributed by atoms with E-state index in [-0.39, 0.29) is 18.5 Å². The number of carboxylic acid groups (broad SMARTS) is 1. The predicted octanol–water partition coefficient (Wildman–Crippen LogP) is 3.58. The molecule has 0 radical (unpaired) electrons. The van der Waals surface area contributed by atoms with Gasteiger partial charge in [-0.15, -0.1) is 0 Å². The summed E-state index contributed by atoms with van der Waals surface area (Å²) in [7, 11) is 0. The summed E-state index contributed by atoms with van der Waals surface area (Å²) in [6, 6.07) is 11.5. The number of amides is 2. The number of imide groups is 1. The molecule has 0 saturated heterocycles. The lowest BCUT2D eigenvalue weighted by atomic mass is 10.2. The van der Waals surface area contributed by atoms with Crippen molar-refractivity contribution in [3.8, 4) is 11.8 Å². The summed E-state index contributed by atoms with van der Waals surface area (Å²) in [5.41, 5.74) is 0.817. The maximum atomic E-state index is 12.1. The van der Waals surface area contributed by atoms with Crippen LogP contribution < -0.4 is 4.90 Å². The third-order valence-corrected chi connectivity index (χ3v) is 3.09. The number of benzene rings is 1. The molecule has 0 fully saturated rings. The number of halogens is 1. The Morgan fingerprint density at radius 3 is 2.70 bits per heavy atom. The van der Waals surface area contributed by atoms with E-state index in [4.69, 9.17) is 11.6 Å². The summed E-state index contributed by atoms with van der Waals surface area (Å²) < 4.78 is 0. The smallest absolute Gasteiger partial charge is 0.418 e. The minimum atomic E-state index is -1.35. The van der Waals surface area contributed by atoms with Gasteiger partial charge in [0.05, 0.1) is 5.69 Å². The average Bonchev–Trinajstić information content (AvgIpc) is 2.52. The molecular formula is C17H13ClN2O3. The fourth-order valence-corrected chi connectivity index (χ4v) is 2.03. The number of rotatable bonds is 3. The maximum absolute atomic E-state index is 12.1. The minimum Gasteiger partial charge on any atom is -0.464 e. The van der Waals surface area contributed by atoms with Crippen molar-refractivity contribution in [3.05, 3.63) is 59.4 Å². The second-order valence-corrected chi connectivity index (χ2v) is 4.94. The number of carbonyl (C=O) groups excluding carboxylic acids is 1. The first-order valence-electron chi connectivity index (χ1n) is 6.79. The fourth-order valence-electron chi connectivity index (χ4n) is 1.85. The molecule has 116 valence electrons. The Morgan fingerprint density at radius 1 is 1.22 bits per heavy atom. The number of hydrogen-bond acceptors (Lipinski definition) is 3. The Kier molecular flexibility index (Phi) is 5.73. The monoisotopic (exact) mass is 328 g/mol. The maximum Gasteiger partial charge on any atom is 0.418 e. The first kappa shape index (κ1) is 16.5. The first-order valence-corrected chi connectivity index (χ1v) is 7.17. The molecule has 0 aliphatic rings. The van der Waals surface area contributed by atoms with Gasteiger partial charge in [0.1, 0.15) is 5.69 Å². The number of aromatic nitrogens is 1. The molecule has 0 bridgehead atoms. The summed E-state index contributed by atoms with van der Waals surface area (Å²) in [6.45, 7) is 0. The van der Waals surface area contributed by atoms with Crippen LogP contribution in [0.2, 0.25) is 5.02 Å². The van der Waals surface area contributed by atoms with Gasteiger partial charge in [-0.3, -0.25) is 4.79 Å². The highest BCUT2D eigenvalue weighted by Gasteiger charge is 2.22. The van der Waals surface area contributed by atoms with Crippen LogP contribution in [-0.2, 0) is 4.79 Å². The van der Waals surface area contributed by atoms with E-state index in [2.05, 4.69) is 16.8 Å². The van der Waals surface area contributed by atoms with Crippen molar-refractivity contribution in [2.75, 3.05) is 4.90 Å². The topological polar surface area (TPSA) is 70.5 Å². The van der Waals surface area contributed by atoms with Gasteiger partial charge in [0, 0.05) is 24.1 Å². The highest BCUT2D eigenvalue weighted by atomic mass is 35.5. The highest BCUT2D eigenvalue weighted by Crippen LogP contribution is 2.20. The highest BCUT2D eigenvalue weighted by molar-refractivity contribution is 6.31. The minimum absolute atomic E-state index is 0.0152. The van der Waals surface area contributed by atoms with Gasteiger partial charge in [0.25, 0.3) is 0 Å². The van der Waals surface area contributed by atoms with Crippen molar-refractivity contribution in [2.24, 2.45) is 0 Å². The van der Waals surface area contributed by atoms with Gasteiger partial charge >= 0.3 is 6.09 Å². The molecule has 1 N–H and O–H groups in total. The molecule has 23 heavy (non-hydrogen) atoms. The Labute approximate surface area is 138 Å². The average molecular weight is 329 g/mol. The van der Waals surface area contributed by atoms with E-state index >= 15 is 0 Å². The number of carbonyl (C=O) groups is 2. The quantitative estimate of drug-likeness (QED) is 0.874. The van der Waals surface area contributed by atoms with Crippen LogP contribution >= 0.6 is 11.6 Å². The van der Waals surface area contributed by atoms with Crippen LogP contribution in [-0.4, -0.2) is 22.1 Å². The van der Waals surface area contributed by atoms with Gasteiger partial charge in [-0.05, 0) is 36.3 Å². The van der Waals surface area contributed by atoms with Crippen LogP contribution in [0.4, 0.5) is 10.5 Å². The zero-order chi connectivity index (χ0) is 16.7. The van der Waals surface area contributed by atoms with Crippen LogP contribution in [0.5, 0.6) is 0 Å². The summed E-state index contributed by atoms with van der Waals surface area (Å²) in [5.74, 6) is 5.07. The Bertz CT molecular complexity index is 766. The second kappa shape index (κ2) is 7.97. The van der Waals surface area contributed by atoms with Gasteiger partial charge in [-0.1, -0.05) is 29.7 Å². The van der Waals surface area contributed by atoms with E-state index in [1.807, 2.05) is 6.07 Å². The molecule has 1 heterocycles. The number of hydrogen-bond donors (Lipinski definition) is 1. The second-order valence-electron chi connectivity index (χ2n) is 4.51. The zero-order valence-electron chi connectivity index (χ0n) is 12.1. The Hall–Kier alpha value is -2.84. The summed E-state index contributed by atoms with van der Waals surface area (Å²) in [6.07, 6.45) is 0.494. The van der Waals surface area contributed by atoms with Crippen molar-refractivity contribution in [1.82, 2.24) is 4.98 Å². The van der Waals surface area contributed by atoms with E-state index in [0.29, 0.717) is 15.6 Å². The molecular weight excluding hydrogens is 316 g/mol. The van der Waals surface area contributed by atoms with Crippen molar-refractivity contribution in [2.45, 2.75) is 12.8 Å². The lowest BCUT2D eigenvalue weighted by Gasteiger charge is -2.17. The third kappa shape index (κ3) is 4.83. The van der Waals surface area contributed by atoms with E-state index in [1.165, 1.54) is 12.1 Å². The van der Waals surface area contributed by atoms with Gasteiger partial charge in [-0.2, -0.15) is 0 Å². The van der Waals surface area contributed by atoms with Gasteiger partial charge in [-0.25, -0.2) is 14.7 Å². The largest absolute Gasteiger partial charge is 0.464 e. The molecule has 2 rings (SSSR count). The normalized spacial score (nSPS) is 9.61. The number of nitrogens with zero attached hydrogens (tertiary/aromatic N) is 2. The van der Waals surface area contributed by atoms with Gasteiger partial charge in [0.15, 0.2) is 0 Å². The van der Waals surface area contributed by atoms with Crippen LogP contribution in [0.3, 0.4) is 0 Å². The first-order chi connectivity index (χ1) is 11.1. The number of pyridine rings is 1. The SMILES string of the molecule is O=C(O)N(C(=O)CCC#Cc1ccccn1)c1cccc(Cl)c1. The molecule has 0 spiro atoms. The third-order valence-electron chi connectivity index (χ3n) is 2.85. The van der Waals surface area contributed by atoms with Crippen LogP contribution in [0.15, 0.2) is 48.7 Å². The van der Waals surface area contributed by atoms with Crippen molar-refractivity contribution >= 4 is 29.3 Å². The zero-order valence-corrected chi connectivity index (χ0v) is 12.8. The molecule has 0 aliphatic carbocycles. The van der Waals surface area contributed by atoms with Crippen LogP contribution in [0, 0.1) is 11.8 Å². The summed E-state index contributed by atoms with van der Waals surface area (Å²) in [5, 5.41) is 9.60. The van der Waals surface area contributed by atoms with Crippen LogP contribution in [0.25, 0.3) is 0 Å². The van der Waals surface area contributed by atoms with Gasteiger partial charge in [0.2, 0.25) is 5.91 Å². The molecule has 6 heteroatoms. The van der Waals surface area contributed by atoms with E-state index in [9.17, 15) is 14.7 Å². The molecule has 1 aromatic carbocycles. The molecule has 0 saturated carbocycles. The molecule has 5 nitrogen and oxygen atoms in total. The molecule has 0 unspecified atom stereocenters. The number of anilines is 1. The standard InChI is InChI=1S/C17H13ClN2O3/c18-13-6-5-9-15(12-13)20(17(22)23)16(21)10-2-1-7-14-8-3-4-11-19-14/h3-6,8-9,11-12H,2,10H2,(H,22,23). The van der Waals surface area contributed by atoms with Gasteiger partial charge < -0.3 is 5.11 Å². The lowest BCUT2D eigenvalue weighted by molar-refractivity contribution is -0.118. The molecule has 2 aromatic rings. The Morgan fingerprint density at radius 2 is 2.04 bits per heavy atom. The lowest BCUT2D eigenvalue weighted by Crippen LogP contribution is -2.35. The van der Waals surface area contributed by atoms with E-state index in [0.717, 1.165) is 0 Å². The van der Waals surface area contributed by atoms with E-state index in [1.54, 1.807) is 30.5 Å². The van der Waals surface area contributed by atoms with Crippen LogP contribution in [0.1, 0.15) is 18.5 Å². The molecule has 2 amide bonds. The molecule has 1 aromatic heterocycles. The van der Waals surface area contributed by atoms with Crippen molar-refractivity contribution in [3.63, 3.8) is 0 Å².